The molecule has 2 N–H and O–H groups in total. The smallest absolute Gasteiger partial charge is 0.462 e. The molecule has 0 aliphatic heterocycles. The van der Waals surface area contributed by atoms with Gasteiger partial charge in [-0.2, -0.15) is 5.10 Å². The van der Waals surface area contributed by atoms with Crippen molar-refractivity contribution >= 4 is 23.5 Å². The lowest BCUT2D eigenvalue weighted by Gasteiger charge is -2.28. The molecule has 0 fully saturated rings. The summed E-state index contributed by atoms with van der Waals surface area (Å²) in [6.07, 6.45) is 0.348. The molecule has 2 aromatic rings. The van der Waals surface area contributed by atoms with E-state index in [9.17, 15) is 9.59 Å². The highest BCUT2D eigenvalue weighted by molar-refractivity contribution is 5.77. The molecule has 11 nitrogen and oxygen atoms in total. The molecule has 0 saturated heterocycles. The normalized spacial score (nSPS) is 14.4. The molecule has 32 heavy (non-hydrogen) atoms. The van der Waals surface area contributed by atoms with E-state index in [1.807, 2.05) is 12.1 Å². The van der Waals surface area contributed by atoms with Crippen molar-refractivity contribution in [1.82, 2.24) is 19.5 Å². The van der Waals surface area contributed by atoms with E-state index in [1.165, 1.54) is 6.33 Å². The van der Waals surface area contributed by atoms with Crippen molar-refractivity contribution in [2.24, 2.45) is 0 Å². The molecular weight excluding hydrogens is 418 g/mol. The number of nitrogen functional groups attached to an aromatic ring is 1. The van der Waals surface area contributed by atoms with Gasteiger partial charge in [0.2, 0.25) is 0 Å². The van der Waals surface area contributed by atoms with Gasteiger partial charge in [-0.3, -0.25) is 9.69 Å². The number of hydrogen-bond donors (Lipinski definition) is 1. The van der Waals surface area contributed by atoms with Crippen LogP contribution in [0.25, 0.3) is 5.52 Å². The predicted octanol–water partition coefficient (Wildman–Crippen LogP) is 1.68. The number of fused-ring (bicyclic) bond motifs is 1. The third kappa shape index (κ3) is 6.79. The fourth-order valence-corrected chi connectivity index (χ4v) is 3.31. The van der Waals surface area contributed by atoms with Gasteiger partial charge in [-0.15, -0.1) is 0 Å². The summed E-state index contributed by atoms with van der Waals surface area (Å²) in [4.78, 5) is 30.1. The van der Waals surface area contributed by atoms with Gasteiger partial charge in [-0.1, -0.05) is 0 Å². The summed E-state index contributed by atoms with van der Waals surface area (Å²) in [5.41, 5.74) is 7.52. The molecule has 3 atom stereocenters. The van der Waals surface area contributed by atoms with Crippen LogP contribution in [0.3, 0.4) is 0 Å². The van der Waals surface area contributed by atoms with Crippen LogP contribution < -0.4 is 5.73 Å². The summed E-state index contributed by atoms with van der Waals surface area (Å²) >= 11 is 0. The van der Waals surface area contributed by atoms with Gasteiger partial charge < -0.3 is 24.7 Å². The Kier molecular flexibility index (Phi) is 9.21. The van der Waals surface area contributed by atoms with E-state index in [0.717, 1.165) is 11.2 Å². The molecular formula is C21H33N5O6. The second kappa shape index (κ2) is 11.6. The van der Waals surface area contributed by atoms with Gasteiger partial charge in [0.15, 0.2) is 5.82 Å². The molecule has 2 heterocycles. The fourth-order valence-electron chi connectivity index (χ4n) is 3.31. The summed E-state index contributed by atoms with van der Waals surface area (Å²) < 4.78 is 22.9. The molecule has 0 spiro atoms. The van der Waals surface area contributed by atoms with Crippen LogP contribution in [0.5, 0.6) is 0 Å². The predicted molar refractivity (Wildman–Crippen MR) is 117 cm³/mol. The SMILES string of the molecule is COC(CCc1ccc2c(N)ncnn12)COC(=O)OC(C)C(C(=O)OC(C)C)N(C)C. The lowest BCUT2D eigenvalue weighted by molar-refractivity contribution is -0.157. The van der Waals surface area contributed by atoms with Crippen LogP contribution in [0.15, 0.2) is 18.5 Å². The van der Waals surface area contributed by atoms with Crippen molar-refractivity contribution in [2.75, 3.05) is 33.5 Å². The lowest BCUT2D eigenvalue weighted by atomic mass is 10.1. The number of nitrogens with zero attached hydrogens (tertiary/aromatic N) is 4. The van der Waals surface area contributed by atoms with Gasteiger partial charge >= 0.3 is 12.1 Å². The molecule has 178 valence electrons. The third-order valence-electron chi connectivity index (χ3n) is 4.88. The number of likely N-dealkylation sites (N-methyl/N-ethyl adjacent to an activating group) is 1. The fraction of sp³-hybridized carbons (Fsp3) is 0.619. The van der Waals surface area contributed by atoms with E-state index in [4.69, 9.17) is 24.7 Å². The first kappa shape index (κ1) is 25.3. The number of methoxy groups -OCH3 is 1. The molecule has 0 aromatic carbocycles. The minimum Gasteiger partial charge on any atom is -0.462 e. The summed E-state index contributed by atoms with van der Waals surface area (Å²) in [6.45, 7) is 5.14. The Morgan fingerprint density at radius 1 is 1.19 bits per heavy atom. The molecule has 2 aromatic heterocycles. The van der Waals surface area contributed by atoms with Gasteiger partial charge in [0.1, 0.15) is 30.6 Å². The number of hydrogen-bond acceptors (Lipinski definition) is 10. The third-order valence-corrected chi connectivity index (χ3v) is 4.88. The van der Waals surface area contributed by atoms with Crippen LogP contribution in [0, 0.1) is 0 Å². The van der Waals surface area contributed by atoms with E-state index in [0.29, 0.717) is 18.7 Å². The molecule has 0 aliphatic carbocycles. The maximum Gasteiger partial charge on any atom is 0.508 e. The molecule has 0 aliphatic rings. The Bertz CT molecular complexity index is 900. The standard InChI is InChI=1S/C21H33N5O6/c1-13(2)31-20(27)18(25(4)5)14(3)32-21(28)30-11-16(29-6)9-7-15-8-10-17-19(22)23-12-24-26(15)17/h8,10,12-14,16,18H,7,9,11H2,1-6H3,(H2,22,23,24). The summed E-state index contributed by atoms with van der Waals surface area (Å²) in [5.74, 6) is -0.0630. The zero-order valence-corrected chi connectivity index (χ0v) is 19.5. The number of aromatic nitrogens is 3. The van der Waals surface area contributed by atoms with E-state index in [1.54, 1.807) is 51.4 Å². The van der Waals surface area contributed by atoms with Crippen molar-refractivity contribution in [3.05, 3.63) is 24.2 Å². The first-order valence-electron chi connectivity index (χ1n) is 10.4. The Balaban J connectivity index is 1.86. The first-order chi connectivity index (χ1) is 15.1. The lowest BCUT2D eigenvalue weighted by Crippen LogP contribution is -2.47. The van der Waals surface area contributed by atoms with Crippen LogP contribution in [0.2, 0.25) is 0 Å². The van der Waals surface area contributed by atoms with Gasteiger partial charge in [0.25, 0.3) is 0 Å². The van der Waals surface area contributed by atoms with Crippen LogP contribution in [-0.2, 0) is 30.2 Å². The van der Waals surface area contributed by atoms with Crippen LogP contribution >= 0.6 is 0 Å². The summed E-state index contributed by atoms with van der Waals surface area (Å²) in [5, 5.41) is 4.21. The Labute approximate surface area is 187 Å². The number of carbonyl (C=O) groups excluding carboxylic acids is 2. The zero-order chi connectivity index (χ0) is 23.8. The summed E-state index contributed by atoms with van der Waals surface area (Å²) in [7, 11) is 4.97. The summed E-state index contributed by atoms with van der Waals surface area (Å²) in [6, 6.07) is 3.02. The highest BCUT2D eigenvalue weighted by Gasteiger charge is 2.32. The van der Waals surface area contributed by atoms with Crippen LogP contribution in [0.1, 0.15) is 32.9 Å². The average Bonchev–Trinajstić information content (AvgIpc) is 3.11. The van der Waals surface area contributed by atoms with Gasteiger partial charge in [-0.25, -0.2) is 14.3 Å². The second-order valence-corrected chi connectivity index (χ2v) is 7.94. The molecule has 3 unspecified atom stereocenters. The van der Waals surface area contributed by atoms with Gasteiger partial charge in [-0.05, 0) is 59.8 Å². The monoisotopic (exact) mass is 451 g/mol. The number of esters is 1. The number of ether oxygens (including phenoxy) is 4. The molecule has 11 heteroatoms. The Hall–Kier alpha value is -2.92. The zero-order valence-electron chi connectivity index (χ0n) is 19.5. The van der Waals surface area contributed by atoms with Gasteiger partial charge in [0, 0.05) is 12.8 Å². The maximum absolute atomic E-state index is 12.3. The maximum atomic E-state index is 12.3. The van der Waals surface area contributed by atoms with Crippen molar-refractivity contribution in [3.8, 4) is 0 Å². The van der Waals surface area contributed by atoms with E-state index in [-0.39, 0.29) is 18.8 Å². The van der Waals surface area contributed by atoms with Gasteiger partial charge in [0.05, 0.1) is 12.2 Å². The molecule has 0 amide bonds. The second-order valence-electron chi connectivity index (χ2n) is 7.94. The number of carbonyl (C=O) groups is 2. The topological polar surface area (TPSA) is 131 Å². The number of rotatable bonds is 11. The minimum atomic E-state index is -0.877. The number of aryl methyl sites for hydroxylation is 1. The Morgan fingerprint density at radius 3 is 2.53 bits per heavy atom. The Morgan fingerprint density at radius 2 is 1.91 bits per heavy atom. The van der Waals surface area contributed by atoms with Crippen LogP contribution in [0.4, 0.5) is 10.6 Å². The quantitative estimate of drug-likeness (QED) is 0.503. The van der Waals surface area contributed by atoms with Crippen LogP contribution in [-0.4, -0.2) is 83.8 Å². The molecule has 0 radical (unpaired) electrons. The minimum absolute atomic E-state index is 0.00551. The largest absolute Gasteiger partial charge is 0.508 e. The van der Waals surface area contributed by atoms with Crippen molar-refractivity contribution in [2.45, 2.75) is 58.0 Å². The highest BCUT2D eigenvalue weighted by atomic mass is 16.7. The first-order valence-corrected chi connectivity index (χ1v) is 10.4. The highest BCUT2D eigenvalue weighted by Crippen LogP contribution is 2.16. The van der Waals surface area contributed by atoms with E-state index >= 15 is 0 Å². The molecule has 2 rings (SSSR count). The van der Waals surface area contributed by atoms with Crippen molar-refractivity contribution < 1.29 is 28.5 Å². The molecule has 0 saturated carbocycles. The molecule has 0 bridgehead atoms. The van der Waals surface area contributed by atoms with Crippen molar-refractivity contribution in [3.63, 3.8) is 0 Å². The number of anilines is 1. The number of nitrogens with two attached hydrogens (primary N) is 1. The van der Waals surface area contributed by atoms with E-state index in [2.05, 4.69) is 10.1 Å². The van der Waals surface area contributed by atoms with E-state index < -0.39 is 24.3 Å². The average molecular weight is 452 g/mol. The van der Waals surface area contributed by atoms with Crippen molar-refractivity contribution in [1.29, 1.82) is 0 Å².